The smallest absolute Gasteiger partial charge is 0.298 e. The molecule has 1 aliphatic heterocycles. The van der Waals surface area contributed by atoms with Crippen LogP contribution in [0.25, 0.3) is 11.1 Å². The van der Waals surface area contributed by atoms with Crippen LogP contribution in [0.15, 0.2) is 21.0 Å². The van der Waals surface area contributed by atoms with Gasteiger partial charge in [0.1, 0.15) is 5.52 Å². The molecule has 1 fully saturated rings. The lowest BCUT2D eigenvalue weighted by Crippen LogP contribution is -2.50. The van der Waals surface area contributed by atoms with Crippen LogP contribution < -0.4 is 10.2 Å². The number of rotatable bonds is 1. The van der Waals surface area contributed by atoms with Gasteiger partial charge in [-0.05, 0) is 28.9 Å². The fourth-order valence-corrected chi connectivity index (χ4v) is 3.06. The molecule has 0 saturated carbocycles. The SMILES string of the molecule is CC1CNCCN1c1nc2c(Br)cc(Cl)cc2o1. The molecule has 0 radical (unpaired) electrons. The van der Waals surface area contributed by atoms with E-state index in [1.165, 1.54) is 0 Å². The summed E-state index contributed by atoms with van der Waals surface area (Å²) >= 11 is 9.47. The van der Waals surface area contributed by atoms with Gasteiger partial charge >= 0.3 is 0 Å². The van der Waals surface area contributed by atoms with E-state index in [1.54, 1.807) is 6.07 Å². The maximum atomic E-state index is 6.01. The first kappa shape index (κ1) is 12.3. The molecule has 0 amide bonds. The molecule has 96 valence electrons. The van der Waals surface area contributed by atoms with E-state index in [4.69, 9.17) is 16.0 Å². The number of hydrogen-bond donors (Lipinski definition) is 1. The van der Waals surface area contributed by atoms with Crippen LogP contribution in [-0.4, -0.2) is 30.7 Å². The second-order valence-electron chi connectivity index (χ2n) is 4.48. The van der Waals surface area contributed by atoms with Crippen LogP contribution in [0.5, 0.6) is 0 Å². The van der Waals surface area contributed by atoms with Gasteiger partial charge in [0.05, 0.1) is 0 Å². The molecule has 1 aromatic carbocycles. The van der Waals surface area contributed by atoms with E-state index < -0.39 is 0 Å². The molecule has 6 heteroatoms. The van der Waals surface area contributed by atoms with Crippen LogP contribution in [0.1, 0.15) is 6.92 Å². The van der Waals surface area contributed by atoms with Gasteiger partial charge in [-0.1, -0.05) is 11.6 Å². The molecule has 3 rings (SSSR count). The average Bonchev–Trinajstić information content (AvgIpc) is 2.73. The molecule has 4 nitrogen and oxygen atoms in total. The van der Waals surface area contributed by atoms with Crippen molar-refractivity contribution in [3.05, 3.63) is 21.6 Å². The number of aromatic nitrogens is 1. The molecule has 1 unspecified atom stereocenters. The summed E-state index contributed by atoms with van der Waals surface area (Å²) in [4.78, 5) is 6.73. The van der Waals surface area contributed by atoms with Gasteiger partial charge in [-0.2, -0.15) is 4.98 Å². The molecule has 1 aromatic heterocycles. The highest BCUT2D eigenvalue weighted by molar-refractivity contribution is 9.10. The number of oxazole rings is 1. The van der Waals surface area contributed by atoms with Crippen molar-refractivity contribution in [3.8, 4) is 0 Å². The Kier molecular flexibility index (Phi) is 3.21. The van der Waals surface area contributed by atoms with Gasteiger partial charge in [0.15, 0.2) is 5.58 Å². The summed E-state index contributed by atoms with van der Waals surface area (Å²) in [7, 11) is 0. The zero-order chi connectivity index (χ0) is 12.7. The third-order valence-corrected chi connectivity index (χ3v) is 3.97. The normalized spacial score (nSPS) is 20.6. The summed E-state index contributed by atoms with van der Waals surface area (Å²) in [5.41, 5.74) is 1.54. The van der Waals surface area contributed by atoms with Crippen molar-refractivity contribution in [1.82, 2.24) is 10.3 Å². The largest absolute Gasteiger partial charge is 0.423 e. The molecule has 0 aliphatic carbocycles. The van der Waals surface area contributed by atoms with Crippen LogP contribution in [0.3, 0.4) is 0 Å². The van der Waals surface area contributed by atoms with E-state index in [9.17, 15) is 0 Å². The summed E-state index contributed by atoms with van der Waals surface area (Å²) in [6.07, 6.45) is 0. The Balaban J connectivity index is 2.05. The Morgan fingerprint density at radius 1 is 1.56 bits per heavy atom. The number of nitrogens with one attached hydrogen (secondary N) is 1. The van der Waals surface area contributed by atoms with E-state index in [2.05, 4.69) is 38.1 Å². The molecule has 1 atom stereocenters. The van der Waals surface area contributed by atoms with Gasteiger partial charge in [-0.25, -0.2) is 0 Å². The minimum absolute atomic E-state index is 0.376. The van der Waals surface area contributed by atoms with Crippen LogP contribution in [0.4, 0.5) is 6.01 Å². The highest BCUT2D eigenvalue weighted by atomic mass is 79.9. The maximum absolute atomic E-state index is 6.01. The van der Waals surface area contributed by atoms with Gasteiger partial charge < -0.3 is 14.6 Å². The fourth-order valence-electron chi connectivity index (χ4n) is 2.19. The van der Waals surface area contributed by atoms with Crippen molar-refractivity contribution in [3.63, 3.8) is 0 Å². The van der Waals surface area contributed by atoms with Crippen molar-refractivity contribution in [1.29, 1.82) is 0 Å². The molecule has 1 N–H and O–H groups in total. The lowest BCUT2D eigenvalue weighted by atomic mass is 10.2. The first-order chi connectivity index (χ1) is 8.65. The van der Waals surface area contributed by atoms with Crippen molar-refractivity contribution in [2.24, 2.45) is 0 Å². The first-order valence-electron chi connectivity index (χ1n) is 5.88. The fraction of sp³-hybridized carbons (Fsp3) is 0.417. The standard InChI is InChI=1S/C12H13BrClN3O/c1-7-6-15-2-3-17(7)12-16-11-9(13)4-8(14)5-10(11)18-12/h4-5,7,15H,2-3,6H2,1H3. The van der Waals surface area contributed by atoms with Gasteiger partial charge in [0.25, 0.3) is 6.01 Å². The van der Waals surface area contributed by atoms with Gasteiger partial charge in [-0.3, -0.25) is 0 Å². The molecule has 1 aliphatic rings. The Bertz CT molecular complexity index is 586. The van der Waals surface area contributed by atoms with Crippen molar-refractivity contribution in [2.75, 3.05) is 24.5 Å². The third-order valence-electron chi connectivity index (χ3n) is 3.15. The van der Waals surface area contributed by atoms with E-state index in [0.717, 1.165) is 35.2 Å². The number of piperazine rings is 1. The van der Waals surface area contributed by atoms with Crippen LogP contribution in [0, 0.1) is 0 Å². The van der Waals surface area contributed by atoms with Crippen molar-refractivity contribution in [2.45, 2.75) is 13.0 Å². The molecule has 2 aromatic rings. The van der Waals surface area contributed by atoms with Gasteiger partial charge in [0, 0.05) is 41.2 Å². The summed E-state index contributed by atoms with van der Waals surface area (Å²) in [5, 5.41) is 3.99. The molecule has 1 saturated heterocycles. The predicted octanol–water partition coefficient (Wildman–Crippen LogP) is 3.04. The number of nitrogens with zero attached hydrogens (tertiary/aromatic N) is 2. The quantitative estimate of drug-likeness (QED) is 0.872. The number of anilines is 1. The third kappa shape index (κ3) is 2.11. The predicted molar refractivity (Wildman–Crippen MR) is 76.4 cm³/mol. The number of benzene rings is 1. The topological polar surface area (TPSA) is 41.3 Å². The van der Waals surface area contributed by atoms with Crippen LogP contribution in [-0.2, 0) is 0 Å². The lowest BCUT2D eigenvalue weighted by molar-refractivity contribution is 0.456. The highest BCUT2D eigenvalue weighted by Gasteiger charge is 2.23. The Labute approximate surface area is 118 Å². The number of halogens is 2. The minimum Gasteiger partial charge on any atom is -0.423 e. The average molecular weight is 331 g/mol. The minimum atomic E-state index is 0.376. The molecule has 2 heterocycles. The van der Waals surface area contributed by atoms with Crippen LogP contribution >= 0.6 is 27.5 Å². The number of fused-ring (bicyclic) bond motifs is 1. The second kappa shape index (κ2) is 4.72. The summed E-state index contributed by atoms with van der Waals surface area (Å²) in [6.45, 7) is 4.95. The van der Waals surface area contributed by atoms with Gasteiger partial charge in [0.2, 0.25) is 0 Å². The summed E-state index contributed by atoms with van der Waals surface area (Å²) in [5.74, 6) is 0. The monoisotopic (exact) mass is 329 g/mol. The highest BCUT2D eigenvalue weighted by Crippen LogP contribution is 2.31. The van der Waals surface area contributed by atoms with E-state index >= 15 is 0 Å². The van der Waals surface area contributed by atoms with Crippen LogP contribution in [0.2, 0.25) is 5.02 Å². The van der Waals surface area contributed by atoms with Gasteiger partial charge in [-0.15, -0.1) is 0 Å². The molecular weight excluding hydrogens is 318 g/mol. The van der Waals surface area contributed by atoms with Crippen molar-refractivity contribution < 1.29 is 4.42 Å². The van der Waals surface area contributed by atoms with E-state index in [0.29, 0.717) is 17.1 Å². The Morgan fingerprint density at radius 3 is 3.17 bits per heavy atom. The summed E-state index contributed by atoms with van der Waals surface area (Å²) < 4.78 is 6.68. The molecule has 18 heavy (non-hydrogen) atoms. The maximum Gasteiger partial charge on any atom is 0.298 e. The molecular formula is C12H13BrClN3O. The first-order valence-corrected chi connectivity index (χ1v) is 7.05. The van der Waals surface area contributed by atoms with E-state index in [-0.39, 0.29) is 0 Å². The Morgan fingerprint density at radius 2 is 2.39 bits per heavy atom. The molecule has 0 spiro atoms. The molecule has 0 bridgehead atoms. The number of hydrogen-bond acceptors (Lipinski definition) is 4. The second-order valence-corrected chi connectivity index (χ2v) is 5.77. The van der Waals surface area contributed by atoms with Crippen molar-refractivity contribution >= 4 is 44.6 Å². The Hall–Kier alpha value is -0.780. The van der Waals surface area contributed by atoms with E-state index in [1.807, 2.05) is 6.07 Å². The zero-order valence-corrected chi connectivity index (χ0v) is 12.3. The lowest BCUT2D eigenvalue weighted by Gasteiger charge is -2.32. The summed E-state index contributed by atoms with van der Waals surface area (Å²) in [6, 6.07) is 4.67. The zero-order valence-electron chi connectivity index (χ0n) is 9.91.